The number of nitrogens with zero attached hydrogens (tertiary/aromatic N) is 3. The van der Waals surface area contributed by atoms with Gasteiger partial charge in [0.25, 0.3) is 0 Å². The Balaban J connectivity index is 2.84. The number of aromatic nitrogens is 3. The van der Waals surface area contributed by atoms with Crippen LogP contribution in [-0.2, 0) is 10.8 Å². The van der Waals surface area contributed by atoms with E-state index in [1.165, 1.54) is 5.56 Å². The highest BCUT2D eigenvalue weighted by Crippen LogP contribution is 2.35. The van der Waals surface area contributed by atoms with Gasteiger partial charge < -0.3 is 0 Å². The number of rotatable bonds is 0. The highest BCUT2D eigenvalue weighted by atomic mass is 15.3. The van der Waals surface area contributed by atoms with E-state index < -0.39 is 0 Å². The smallest absolute Gasteiger partial charge is 0.158 e. The van der Waals surface area contributed by atoms with Gasteiger partial charge in [0.15, 0.2) is 5.65 Å². The van der Waals surface area contributed by atoms with Gasteiger partial charge in [0.2, 0.25) is 0 Å². The van der Waals surface area contributed by atoms with Gasteiger partial charge in [0, 0.05) is 23.4 Å². The van der Waals surface area contributed by atoms with E-state index in [1.54, 1.807) is 0 Å². The maximum Gasteiger partial charge on any atom is 0.158 e. The fourth-order valence-electron chi connectivity index (χ4n) is 2.10. The van der Waals surface area contributed by atoms with Gasteiger partial charge in [-0.25, -0.2) is 9.50 Å². The molecule has 0 fully saturated rings. The lowest BCUT2D eigenvalue weighted by atomic mass is 9.79. The molecule has 2 aromatic heterocycles. The maximum atomic E-state index is 4.70. The van der Waals surface area contributed by atoms with Crippen molar-refractivity contribution in [1.29, 1.82) is 0 Å². The molecule has 0 saturated heterocycles. The van der Waals surface area contributed by atoms with E-state index in [0.29, 0.717) is 0 Å². The second-order valence-corrected chi connectivity index (χ2v) is 6.61. The molecule has 0 aliphatic rings. The van der Waals surface area contributed by atoms with Crippen LogP contribution in [0.15, 0.2) is 18.5 Å². The molecule has 2 heterocycles. The first-order chi connectivity index (χ1) is 7.71. The predicted octanol–water partition coefficient (Wildman–Crippen LogP) is 3.32. The summed E-state index contributed by atoms with van der Waals surface area (Å²) in [6.07, 6.45) is 3.80. The van der Waals surface area contributed by atoms with Crippen LogP contribution in [0.3, 0.4) is 0 Å². The summed E-state index contributed by atoms with van der Waals surface area (Å²) in [6, 6.07) is 1.92. The van der Waals surface area contributed by atoms with Crippen molar-refractivity contribution in [2.45, 2.75) is 52.4 Å². The van der Waals surface area contributed by atoms with Crippen LogP contribution < -0.4 is 0 Å². The van der Waals surface area contributed by atoms with Crippen molar-refractivity contribution in [2.24, 2.45) is 0 Å². The third-order valence-corrected chi connectivity index (χ3v) is 2.86. The molecule has 0 aromatic carbocycles. The average Bonchev–Trinajstić information content (AvgIpc) is 2.54. The van der Waals surface area contributed by atoms with Crippen molar-refractivity contribution in [3.63, 3.8) is 0 Å². The molecule has 0 atom stereocenters. The Labute approximate surface area is 103 Å². The fraction of sp³-hybridized carbons (Fsp3) is 0.571. The SMILES string of the molecule is CC(C)(C)c1nn2cccnc2c1C(C)(C)C. The molecule has 17 heavy (non-hydrogen) atoms. The molecule has 0 spiro atoms. The minimum atomic E-state index is 0.0380. The van der Waals surface area contributed by atoms with E-state index in [4.69, 9.17) is 5.10 Å². The number of hydrogen-bond donors (Lipinski definition) is 0. The molecule has 3 nitrogen and oxygen atoms in total. The Kier molecular flexibility index (Phi) is 2.53. The third kappa shape index (κ3) is 2.06. The van der Waals surface area contributed by atoms with E-state index in [9.17, 15) is 0 Å². The minimum Gasteiger partial charge on any atom is -0.237 e. The highest BCUT2D eigenvalue weighted by Gasteiger charge is 2.31. The normalized spacial score (nSPS) is 13.3. The van der Waals surface area contributed by atoms with Crippen LogP contribution in [-0.4, -0.2) is 14.6 Å². The monoisotopic (exact) mass is 231 g/mol. The van der Waals surface area contributed by atoms with E-state index in [-0.39, 0.29) is 10.8 Å². The van der Waals surface area contributed by atoms with Crippen molar-refractivity contribution >= 4 is 5.65 Å². The van der Waals surface area contributed by atoms with Crippen molar-refractivity contribution < 1.29 is 0 Å². The number of hydrogen-bond acceptors (Lipinski definition) is 2. The Morgan fingerprint density at radius 3 is 2.18 bits per heavy atom. The van der Waals surface area contributed by atoms with Gasteiger partial charge in [-0.2, -0.15) is 5.10 Å². The van der Waals surface area contributed by atoms with Crippen LogP contribution >= 0.6 is 0 Å². The molecular formula is C14H21N3. The minimum absolute atomic E-state index is 0.0380. The van der Waals surface area contributed by atoms with Crippen molar-refractivity contribution in [3.05, 3.63) is 29.7 Å². The van der Waals surface area contributed by atoms with E-state index >= 15 is 0 Å². The molecule has 0 N–H and O–H groups in total. The van der Waals surface area contributed by atoms with E-state index in [1.807, 2.05) is 23.0 Å². The molecule has 3 heteroatoms. The van der Waals surface area contributed by atoms with Crippen LogP contribution in [0, 0.1) is 0 Å². The van der Waals surface area contributed by atoms with Crippen LogP contribution in [0.1, 0.15) is 52.8 Å². The van der Waals surface area contributed by atoms with Gasteiger partial charge in [0.1, 0.15) is 0 Å². The second kappa shape index (κ2) is 3.56. The molecule has 0 aliphatic heterocycles. The van der Waals surface area contributed by atoms with Crippen LogP contribution in [0.4, 0.5) is 0 Å². The van der Waals surface area contributed by atoms with Crippen molar-refractivity contribution in [1.82, 2.24) is 14.6 Å². The van der Waals surface area contributed by atoms with Gasteiger partial charge >= 0.3 is 0 Å². The van der Waals surface area contributed by atoms with Crippen molar-refractivity contribution in [2.75, 3.05) is 0 Å². The summed E-state index contributed by atoms with van der Waals surface area (Å²) >= 11 is 0. The lowest BCUT2D eigenvalue weighted by molar-refractivity contribution is 0.520. The van der Waals surface area contributed by atoms with Crippen molar-refractivity contribution in [3.8, 4) is 0 Å². The molecule has 0 amide bonds. The third-order valence-electron chi connectivity index (χ3n) is 2.86. The van der Waals surface area contributed by atoms with E-state index in [0.717, 1.165) is 11.3 Å². The lowest BCUT2D eigenvalue weighted by Crippen LogP contribution is -2.21. The Morgan fingerprint density at radius 1 is 1.00 bits per heavy atom. The number of fused-ring (bicyclic) bond motifs is 1. The topological polar surface area (TPSA) is 30.2 Å². The lowest BCUT2D eigenvalue weighted by Gasteiger charge is -2.24. The second-order valence-electron chi connectivity index (χ2n) is 6.61. The largest absolute Gasteiger partial charge is 0.237 e. The average molecular weight is 231 g/mol. The molecular weight excluding hydrogens is 210 g/mol. The molecule has 0 unspecified atom stereocenters. The van der Waals surface area contributed by atoms with Crippen LogP contribution in [0.25, 0.3) is 5.65 Å². The predicted molar refractivity (Wildman–Crippen MR) is 70.4 cm³/mol. The zero-order valence-corrected chi connectivity index (χ0v) is 11.6. The molecule has 2 aromatic rings. The summed E-state index contributed by atoms with van der Waals surface area (Å²) in [5.41, 5.74) is 3.47. The standard InChI is InChI=1S/C14H21N3/c1-13(2,3)10-11(14(4,5)6)16-17-9-7-8-15-12(10)17/h7-9H,1-6H3. The molecule has 2 rings (SSSR count). The molecule has 0 radical (unpaired) electrons. The summed E-state index contributed by atoms with van der Waals surface area (Å²) < 4.78 is 1.89. The summed E-state index contributed by atoms with van der Waals surface area (Å²) in [7, 11) is 0. The first-order valence-electron chi connectivity index (χ1n) is 6.05. The summed E-state index contributed by atoms with van der Waals surface area (Å²) in [5, 5.41) is 4.70. The first-order valence-corrected chi connectivity index (χ1v) is 6.05. The maximum absolute atomic E-state index is 4.70. The van der Waals surface area contributed by atoms with Gasteiger partial charge in [-0.15, -0.1) is 0 Å². The Bertz CT molecular complexity index is 539. The van der Waals surface area contributed by atoms with Gasteiger partial charge in [-0.05, 0) is 11.5 Å². The van der Waals surface area contributed by atoms with Gasteiger partial charge in [-0.3, -0.25) is 0 Å². The molecule has 0 saturated carbocycles. The molecule has 0 aliphatic carbocycles. The first kappa shape index (κ1) is 12.1. The van der Waals surface area contributed by atoms with E-state index in [2.05, 4.69) is 46.5 Å². The quantitative estimate of drug-likeness (QED) is 0.696. The van der Waals surface area contributed by atoms with Crippen LogP contribution in [0.2, 0.25) is 0 Å². The molecule has 0 bridgehead atoms. The highest BCUT2D eigenvalue weighted by molar-refractivity contribution is 5.55. The summed E-state index contributed by atoms with van der Waals surface area (Å²) in [5.74, 6) is 0. The Morgan fingerprint density at radius 2 is 1.65 bits per heavy atom. The summed E-state index contributed by atoms with van der Waals surface area (Å²) in [4.78, 5) is 4.48. The van der Waals surface area contributed by atoms with Gasteiger partial charge in [0.05, 0.1) is 5.69 Å². The van der Waals surface area contributed by atoms with Crippen LogP contribution in [0.5, 0.6) is 0 Å². The zero-order chi connectivity index (χ0) is 12.8. The molecule has 92 valence electrons. The fourth-order valence-corrected chi connectivity index (χ4v) is 2.10. The summed E-state index contributed by atoms with van der Waals surface area (Å²) in [6.45, 7) is 13.2. The zero-order valence-electron chi connectivity index (χ0n) is 11.6. The van der Waals surface area contributed by atoms with Gasteiger partial charge in [-0.1, -0.05) is 41.5 Å². The Hall–Kier alpha value is -1.38.